The van der Waals surface area contributed by atoms with Gasteiger partial charge in [0.2, 0.25) is 5.60 Å². The molecule has 0 spiro atoms. The first-order valence-electron chi connectivity index (χ1n) is 6.55. The van der Waals surface area contributed by atoms with Gasteiger partial charge in [0, 0.05) is 6.42 Å². The molecule has 4 nitrogen and oxygen atoms in total. The third-order valence-corrected chi connectivity index (χ3v) is 3.69. The van der Waals surface area contributed by atoms with E-state index in [4.69, 9.17) is 9.47 Å². The van der Waals surface area contributed by atoms with Crippen molar-refractivity contribution in [1.82, 2.24) is 0 Å². The van der Waals surface area contributed by atoms with Gasteiger partial charge in [-0.2, -0.15) is 0 Å². The average Bonchev–Trinajstić information content (AvgIpc) is 2.67. The molecule has 1 N–H and O–H groups in total. The number of esters is 1. The Morgan fingerprint density at radius 3 is 2.53 bits per heavy atom. The number of hydrogen-bond donors (Lipinski definition) is 1. The number of rotatable bonds is 3. The van der Waals surface area contributed by atoms with Crippen LogP contribution in [-0.4, -0.2) is 29.9 Å². The minimum Gasteiger partial charge on any atom is -0.464 e. The second-order valence-corrected chi connectivity index (χ2v) is 5.14. The Labute approximate surface area is 113 Å². The second kappa shape index (κ2) is 4.94. The van der Waals surface area contributed by atoms with E-state index >= 15 is 0 Å². The van der Waals surface area contributed by atoms with Crippen molar-refractivity contribution < 1.29 is 19.4 Å². The summed E-state index contributed by atoms with van der Waals surface area (Å²) < 4.78 is 10.8. The lowest BCUT2D eigenvalue weighted by molar-refractivity contribution is -0.188. The lowest BCUT2D eigenvalue weighted by Crippen LogP contribution is -2.53. The van der Waals surface area contributed by atoms with Crippen LogP contribution in [0.1, 0.15) is 31.4 Å². The van der Waals surface area contributed by atoms with Crippen LogP contribution in [0.15, 0.2) is 24.3 Å². The van der Waals surface area contributed by atoms with Crippen molar-refractivity contribution >= 4 is 5.97 Å². The third kappa shape index (κ3) is 2.15. The maximum absolute atomic E-state index is 12.4. The summed E-state index contributed by atoms with van der Waals surface area (Å²) in [6.07, 6.45) is 0.402. The van der Waals surface area contributed by atoms with E-state index in [1.54, 1.807) is 13.8 Å². The van der Waals surface area contributed by atoms with Crippen LogP contribution < -0.4 is 0 Å². The van der Waals surface area contributed by atoms with E-state index in [1.165, 1.54) is 0 Å². The predicted octanol–water partition coefficient (Wildman–Crippen LogP) is 1.92. The Morgan fingerprint density at radius 1 is 1.42 bits per heavy atom. The van der Waals surface area contributed by atoms with Gasteiger partial charge in [0.15, 0.2) is 0 Å². The molecule has 19 heavy (non-hydrogen) atoms. The van der Waals surface area contributed by atoms with Crippen LogP contribution in [0.5, 0.6) is 0 Å². The molecule has 2 rings (SSSR count). The Morgan fingerprint density at radius 2 is 2.05 bits per heavy atom. The molecule has 2 atom stereocenters. The van der Waals surface area contributed by atoms with E-state index in [0.29, 0.717) is 18.6 Å². The van der Waals surface area contributed by atoms with Crippen molar-refractivity contribution in [2.45, 2.75) is 38.4 Å². The molecule has 0 saturated carbocycles. The van der Waals surface area contributed by atoms with Crippen LogP contribution in [0.4, 0.5) is 0 Å². The molecule has 104 valence electrons. The van der Waals surface area contributed by atoms with E-state index in [0.717, 1.165) is 5.56 Å². The fourth-order valence-corrected chi connectivity index (χ4v) is 2.55. The summed E-state index contributed by atoms with van der Waals surface area (Å²) in [7, 11) is 0. The maximum atomic E-state index is 12.4. The SMILES string of the molecule is CCOC(=O)[C@@]1(c2ccc(C)cc2)OCC[C@@]1(C)O. The first-order chi connectivity index (χ1) is 8.94. The molecule has 0 unspecified atom stereocenters. The number of carbonyl (C=O) groups is 1. The number of carbonyl (C=O) groups excluding carboxylic acids is 1. The van der Waals surface area contributed by atoms with Gasteiger partial charge in [-0.05, 0) is 26.3 Å². The molecular formula is C15H20O4. The number of aryl methyl sites for hydroxylation is 1. The number of hydrogen-bond acceptors (Lipinski definition) is 4. The van der Waals surface area contributed by atoms with E-state index in [-0.39, 0.29) is 6.61 Å². The molecule has 1 aromatic carbocycles. The lowest BCUT2D eigenvalue weighted by atomic mass is 9.78. The number of aliphatic hydroxyl groups is 1. The molecule has 0 aromatic heterocycles. The highest BCUT2D eigenvalue weighted by molar-refractivity contribution is 5.83. The molecule has 1 saturated heterocycles. The summed E-state index contributed by atoms with van der Waals surface area (Å²) in [4.78, 5) is 12.4. The molecule has 4 heteroatoms. The van der Waals surface area contributed by atoms with Gasteiger partial charge in [0.25, 0.3) is 0 Å². The summed E-state index contributed by atoms with van der Waals surface area (Å²) in [6, 6.07) is 7.42. The quantitative estimate of drug-likeness (QED) is 0.847. The number of benzene rings is 1. The van der Waals surface area contributed by atoms with Gasteiger partial charge in [-0.25, -0.2) is 4.79 Å². The maximum Gasteiger partial charge on any atom is 0.346 e. The van der Waals surface area contributed by atoms with E-state index in [2.05, 4.69) is 0 Å². The molecule has 1 aliphatic rings. The summed E-state index contributed by atoms with van der Waals surface area (Å²) in [5.41, 5.74) is -0.968. The van der Waals surface area contributed by atoms with Crippen molar-refractivity contribution in [1.29, 1.82) is 0 Å². The summed E-state index contributed by atoms with van der Waals surface area (Å²) >= 11 is 0. The molecule has 1 aliphatic heterocycles. The van der Waals surface area contributed by atoms with Gasteiger partial charge < -0.3 is 14.6 Å². The van der Waals surface area contributed by atoms with Gasteiger partial charge in [-0.1, -0.05) is 29.8 Å². The highest BCUT2D eigenvalue weighted by Gasteiger charge is 2.60. The van der Waals surface area contributed by atoms with Crippen LogP contribution >= 0.6 is 0 Å². The monoisotopic (exact) mass is 264 g/mol. The molecule has 1 heterocycles. The van der Waals surface area contributed by atoms with E-state index in [9.17, 15) is 9.90 Å². The smallest absolute Gasteiger partial charge is 0.346 e. The Kier molecular flexibility index (Phi) is 3.65. The van der Waals surface area contributed by atoms with Crippen molar-refractivity contribution in [3.8, 4) is 0 Å². The molecule has 0 amide bonds. The third-order valence-electron chi connectivity index (χ3n) is 3.69. The van der Waals surface area contributed by atoms with Gasteiger partial charge in [0.1, 0.15) is 5.60 Å². The molecule has 0 radical (unpaired) electrons. The Balaban J connectivity index is 2.51. The molecule has 1 fully saturated rings. The Hall–Kier alpha value is -1.39. The fourth-order valence-electron chi connectivity index (χ4n) is 2.55. The topological polar surface area (TPSA) is 55.8 Å². The van der Waals surface area contributed by atoms with Crippen LogP contribution in [0.2, 0.25) is 0 Å². The van der Waals surface area contributed by atoms with Gasteiger partial charge in [-0.3, -0.25) is 0 Å². The summed E-state index contributed by atoms with van der Waals surface area (Å²) in [5.74, 6) is -0.527. The first-order valence-corrected chi connectivity index (χ1v) is 6.55. The van der Waals surface area contributed by atoms with Crippen molar-refractivity contribution in [3.63, 3.8) is 0 Å². The molecule has 0 aliphatic carbocycles. The van der Waals surface area contributed by atoms with Gasteiger partial charge in [0.05, 0.1) is 13.2 Å². The second-order valence-electron chi connectivity index (χ2n) is 5.14. The zero-order valence-electron chi connectivity index (χ0n) is 11.6. The zero-order valence-corrected chi connectivity index (χ0v) is 11.6. The van der Waals surface area contributed by atoms with Crippen LogP contribution in [0, 0.1) is 6.92 Å². The highest BCUT2D eigenvalue weighted by atomic mass is 16.6. The zero-order chi connectivity index (χ0) is 14.1. The van der Waals surface area contributed by atoms with Crippen molar-refractivity contribution in [2.24, 2.45) is 0 Å². The van der Waals surface area contributed by atoms with Crippen LogP contribution in [-0.2, 0) is 19.9 Å². The summed E-state index contributed by atoms with van der Waals surface area (Å²) in [5, 5.41) is 10.6. The highest BCUT2D eigenvalue weighted by Crippen LogP contribution is 2.45. The fraction of sp³-hybridized carbons (Fsp3) is 0.533. The van der Waals surface area contributed by atoms with E-state index < -0.39 is 17.2 Å². The van der Waals surface area contributed by atoms with Gasteiger partial charge in [-0.15, -0.1) is 0 Å². The molecular weight excluding hydrogens is 244 g/mol. The predicted molar refractivity (Wildman–Crippen MR) is 70.7 cm³/mol. The normalized spacial score (nSPS) is 30.3. The minimum atomic E-state index is -1.42. The van der Waals surface area contributed by atoms with Crippen molar-refractivity contribution in [3.05, 3.63) is 35.4 Å². The average molecular weight is 264 g/mol. The Bertz CT molecular complexity index is 464. The minimum absolute atomic E-state index is 0.256. The number of ether oxygens (including phenoxy) is 2. The van der Waals surface area contributed by atoms with E-state index in [1.807, 2.05) is 31.2 Å². The van der Waals surface area contributed by atoms with Crippen LogP contribution in [0.3, 0.4) is 0 Å². The standard InChI is InChI=1S/C15H20O4/c1-4-18-13(16)15(14(3,17)9-10-19-15)12-7-5-11(2)6-8-12/h5-8,17H,4,9-10H2,1-3H3/t14-,15-/m1/s1. The largest absolute Gasteiger partial charge is 0.464 e. The first kappa shape index (κ1) is 14.0. The van der Waals surface area contributed by atoms with Gasteiger partial charge >= 0.3 is 5.97 Å². The molecule has 0 bridgehead atoms. The van der Waals surface area contributed by atoms with Crippen LogP contribution in [0.25, 0.3) is 0 Å². The van der Waals surface area contributed by atoms with Crippen molar-refractivity contribution in [2.75, 3.05) is 13.2 Å². The molecule has 1 aromatic rings. The lowest BCUT2D eigenvalue weighted by Gasteiger charge is -2.36. The summed E-state index contributed by atoms with van der Waals surface area (Å²) in [6.45, 7) is 5.92.